The lowest BCUT2D eigenvalue weighted by Crippen LogP contribution is -3.00. The van der Waals surface area contributed by atoms with E-state index in [0.29, 0.717) is 13.0 Å². The van der Waals surface area contributed by atoms with Gasteiger partial charge in [-0.15, -0.1) is 0 Å². The Morgan fingerprint density at radius 1 is 1.09 bits per heavy atom. The van der Waals surface area contributed by atoms with E-state index < -0.39 is 0 Å². The number of hydrogen-bond donors (Lipinski definition) is 1. The number of hydrogen-bond acceptors (Lipinski definition) is 1. The molecule has 0 atom stereocenters. The van der Waals surface area contributed by atoms with Crippen molar-refractivity contribution in [1.29, 1.82) is 0 Å². The minimum absolute atomic E-state index is 0. The van der Waals surface area contributed by atoms with Crippen LogP contribution in [0.1, 0.15) is 37.3 Å². The molecule has 3 nitrogen and oxygen atoms in total. The van der Waals surface area contributed by atoms with E-state index in [1.807, 2.05) is 41.2 Å². The number of aromatic nitrogens is 1. The highest BCUT2D eigenvalue weighted by molar-refractivity contribution is 5.90. The van der Waals surface area contributed by atoms with Gasteiger partial charge in [-0.05, 0) is 43.0 Å². The highest BCUT2D eigenvalue weighted by atomic mass is 79.9. The van der Waals surface area contributed by atoms with Crippen molar-refractivity contribution in [1.82, 2.24) is 0 Å². The third kappa shape index (κ3) is 6.95. The van der Waals surface area contributed by atoms with Gasteiger partial charge in [-0.3, -0.25) is 4.79 Å². The van der Waals surface area contributed by atoms with E-state index in [1.165, 1.54) is 24.0 Å². The molecule has 1 heterocycles. The SMILES string of the molecule is CCCCc1ccc(NC(=O)CC[n+]2ccc(C)cc2)cc1.[Br-]. The topological polar surface area (TPSA) is 33.0 Å². The van der Waals surface area contributed by atoms with Crippen LogP contribution < -0.4 is 26.9 Å². The van der Waals surface area contributed by atoms with Gasteiger partial charge < -0.3 is 22.3 Å². The van der Waals surface area contributed by atoms with Crippen molar-refractivity contribution in [3.05, 3.63) is 59.9 Å². The highest BCUT2D eigenvalue weighted by Crippen LogP contribution is 2.12. The zero-order valence-corrected chi connectivity index (χ0v) is 15.5. The summed E-state index contributed by atoms with van der Waals surface area (Å²) in [5.74, 6) is 0.0504. The molecule has 0 saturated heterocycles. The lowest BCUT2D eigenvalue weighted by molar-refractivity contribution is -0.695. The smallest absolute Gasteiger partial charge is 0.230 e. The second kappa shape index (κ2) is 10.2. The van der Waals surface area contributed by atoms with E-state index in [9.17, 15) is 4.79 Å². The number of rotatable bonds is 7. The summed E-state index contributed by atoms with van der Waals surface area (Å²) < 4.78 is 2.03. The molecule has 0 spiro atoms. The third-order valence-corrected chi connectivity index (χ3v) is 3.71. The first-order chi connectivity index (χ1) is 10.7. The second-order valence-corrected chi connectivity index (χ2v) is 5.71. The Bertz CT molecular complexity index is 594. The van der Waals surface area contributed by atoms with E-state index in [-0.39, 0.29) is 22.9 Å². The number of amides is 1. The Hall–Kier alpha value is -1.68. The molecule has 23 heavy (non-hydrogen) atoms. The van der Waals surface area contributed by atoms with Crippen LogP contribution in [0.3, 0.4) is 0 Å². The van der Waals surface area contributed by atoms with Crippen molar-refractivity contribution in [3.63, 3.8) is 0 Å². The maximum Gasteiger partial charge on any atom is 0.230 e. The second-order valence-electron chi connectivity index (χ2n) is 5.71. The number of carbonyl (C=O) groups is 1. The van der Waals surface area contributed by atoms with Crippen molar-refractivity contribution >= 4 is 11.6 Å². The Morgan fingerprint density at radius 2 is 1.74 bits per heavy atom. The molecule has 0 bridgehead atoms. The zero-order valence-electron chi connectivity index (χ0n) is 13.9. The van der Waals surface area contributed by atoms with Crippen molar-refractivity contribution in [2.24, 2.45) is 0 Å². The van der Waals surface area contributed by atoms with Crippen molar-refractivity contribution in [3.8, 4) is 0 Å². The molecule has 0 unspecified atom stereocenters. The first-order valence-electron chi connectivity index (χ1n) is 8.02. The quantitative estimate of drug-likeness (QED) is 0.707. The molecule has 0 fully saturated rings. The van der Waals surface area contributed by atoms with Gasteiger partial charge >= 0.3 is 0 Å². The number of unbranched alkanes of at least 4 members (excludes halogenated alkanes) is 1. The van der Waals surface area contributed by atoms with Gasteiger partial charge in [-0.25, -0.2) is 4.57 Å². The van der Waals surface area contributed by atoms with Crippen LogP contribution in [0.4, 0.5) is 5.69 Å². The largest absolute Gasteiger partial charge is 1.00 e. The van der Waals surface area contributed by atoms with Crippen LogP contribution in [-0.2, 0) is 17.8 Å². The fraction of sp³-hybridized carbons (Fsp3) is 0.368. The first-order valence-corrected chi connectivity index (χ1v) is 8.02. The van der Waals surface area contributed by atoms with E-state index in [1.54, 1.807) is 0 Å². The maximum absolute atomic E-state index is 12.0. The van der Waals surface area contributed by atoms with Gasteiger partial charge in [0, 0.05) is 17.8 Å². The Kier molecular flexibility index (Phi) is 8.56. The van der Waals surface area contributed by atoms with E-state index in [0.717, 1.165) is 12.1 Å². The van der Waals surface area contributed by atoms with Crippen LogP contribution >= 0.6 is 0 Å². The standard InChI is InChI=1S/C19H24N2O.BrH/c1-3-4-5-17-6-8-18(9-7-17)20-19(22)12-15-21-13-10-16(2)11-14-21;/h6-11,13-14H,3-5,12,15H2,1-2H3;1H. The number of nitrogens with zero attached hydrogens (tertiary/aromatic N) is 1. The molecule has 2 rings (SSSR count). The molecular formula is C19H25BrN2O. The number of carbonyl (C=O) groups excluding carboxylic acids is 1. The van der Waals surface area contributed by atoms with Gasteiger partial charge in [0.25, 0.3) is 0 Å². The van der Waals surface area contributed by atoms with Crippen molar-refractivity contribution < 1.29 is 26.3 Å². The summed E-state index contributed by atoms with van der Waals surface area (Å²) in [6, 6.07) is 12.3. The Labute approximate surface area is 149 Å². The zero-order chi connectivity index (χ0) is 15.8. The first kappa shape index (κ1) is 19.4. The minimum Gasteiger partial charge on any atom is -1.00 e. The number of aryl methyl sites for hydroxylation is 3. The number of benzene rings is 1. The fourth-order valence-electron chi connectivity index (χ4n) is 2.27. The van der Waals surface area contributed by atoms with Crippen LogP contribution in [0.15, 0.2) is 48.8 Å². The van der Waals surface area contributed by atoms with Gasteiger partial charge in [-0.1, -0.05) is 25.5 Å². The van der Waals surface area contributed by atoms with Gasteiger partial charge in [0.2, 0.25) is 5.91 Å². The molecule has 1 amide bonds. The molecule has 0 aliphatic heterocycles. The third-order valence-electron chi connectivity index (χ3n) is 3.71. The summed E-state index contributed by atoms with van der Waals surface area (Å²) in [6.07, 6.45) is 8.00. The molecule has 0 aliphatic rings. The molecule has 124 valence electrons. The molecule has 0 aliphatic carbocycles. The van der Waals surface area contributed by atoms with Gasteiger partial charge in [0.15, 0.2) is 18.9 Å². The average Bonchev–Trinajstić information content (AvgIpc) is 2.54. The van der Waals surface area contributed by atoms with E-state index in [2.05, 4.69) is 31.3 Å². The molecule has 1 aromatic heterocycles. The Balaban J connectivity index is 0.00000264. The van der Waals surface area contributed by atoms with Crippen LogP contribution in [0.25, 0.3) is 0 Å². The van der Waals surface area contributed by atoms with E-state index >= 15 is 0 Å². The van der Waals surface area contributed by atoms with Crippen LogP contribution in [0.5, 0.6) is 0 Å². The maximum atomic E-state index is 12.0. The lowest BCUT2D eigenvalue weighted by atomic mass is 10.1. The van der Waals surface area contributed by atoms with Gasteiger partial charge in [-0.2, -0.15) is 0 Å². The molecule has 1 aromatic carbocycles. The monoisotopic (exact) mass is 376 g/mol. The van der Waals surface area contributed by atoms with Crippen LogP contribution in [0, 0.1) is 6.92 Å². The highest BCUT2D eigenvalue weighted by Gasteiger charge is 2.07. The normalized spacial score (nSPS) is 10.0. The summed E-state index contributed by atoms with van der Waals surface area (Å²) in [5.41, 5.74) is 3.43. The van der Waals surface area contributed by atoms with Gasteiger partial charge in [0.1, 0.15) is 0 Å². The van der Waals surface area contributed by atoms with Crippen molar-refractivity contribution in [2.75, 3.05) is 5.32 Å². The number of halogens is 1. The molecule has 0 saturated carbocycles. The van der Waals surface area contributed by atoms with Crippen molar-refractivity contribution in [2.45, 2.75) is 46.1 Å². The minimum atomic E-state index is 0. The predicted molar refractivity (Wildman–Crippen MR) is 89.7 cm³/mol. The average molecular weight is 377 g/mol. The predicted octanol–water partition coefficient (Wildman–Crippen LogP) is 0.658. The summed E-state index contributed by atoms with van der Waals surface area (Å²) in [4.78, 5) is 12.0. The van der Waals surface area contributed by atoms with Crippen LogP contribution in [0.2, 0.25) is 0 Å². The number of anilines is 1. The molecule has 0 radical (unpaired) electrons. The molecular weight excluding hydrogens is 352 g/mol. The lowest BCUT2D eigenvalue weighted by Gasteiger charge is -2.06. The molecule has 2 aromatic rings. The van der Waals surface area contributed by atoms with E-state index in [4.69, 9.17) is 0 Å². The molecule has 1 N–H and O–H groups in total. The summed E-state index contributed by atoms with van der Waals surface area (Å²) in [6.45, 7) is 4.95. The fourth-order valence-corrected chi connectivity index (χ4v) is 2.27. The number of pyridine rings is 1. The Morgan fingerprint density at radius 3 is 2.35 bits per heavy atom. The summed E-state index contributed by atoms with van der Waals surface area (Å²) in [5, 5.41) is 2.95. The summed E-state index contributed by atoms with van der Waals surface area (Å²) in [7, 11) is 0. The summed E-state index contributed by atoms with van der Waals surface area (Å²) >= 11 is 0. The van der Waals surface area contributed by atoms with Gasteiger partial charge in [0.05, 0.1) is 6.42 Å². The molecule has 4 heteroatoms. The van der Waals surface area contributed by atoms with Crippen LogP contribution in [-0.4, -0.2) is 5.91 Å². The number of nitrogens with one attached hydrogen (secondary N) is 1.